The van der Waals surface area contributed by atoms with Crippen LogP contribution >= 0.6 is 11.6 Å². The third-order valence-corrected chi connectivity index (χ3v) is 4.11. The maximum absolute atomic E-state index is 13.9. The molecule has 0 aliphatic heterocycles. The van der Waals surface area contributed by atoms with Gasteiger partial charge in [-0.15, -0.1) is 11.6 Å². The van der Waals surface area contributed by atoms with Gasteiger partial charge < -0.3 is 0 Å². The second-order valence-corrected chi connectivity index (χ2v) is 5.34. The molecule has 0 fully saturated rings. The normalized spacial score (nSPS) is 12.6. The van der Waals surface area contributed by atoms with Gasteiger partial charge in [0.1, 0.15) is 5.82 Å². The highest BCUT2D eigenvalue weighted by Gasteiger charge is 2.16. The van der Waals surface area contributed by atoms with Gasteiger partial charge in [0.05, 0.1) is 5.38 Å². The second-order valence-electron chi connectivity index (χ2n) is 4.90. The van der Waals surface area contributed by atoms with Crippen molar-refractivity contribution < 1.29 is 4.39 Å². The van der Waals surface area contributed by atoms with Gasteiger partial charge in [-0.25, -0.2) is 4.39 Å². The Hall–Kier alpha value is -1.86. The van der Waals surface area contributed by atoms with Crippen molar-refractivity contribution in [3.63, 3.8) is 0 Å². The van der Waals surface area contributed by atoms with Gasteiger partial charge in [-0.05, 0) is 35.1 Å². The van der Waals surface area contributed by atoms with Gasteiger partial charge in [-0.2, -0.15) is 0 Å². The lowest BCUT2D eigenvalue weighted by atomic mass is 9.95. The van der Waals surface area contributed by atoms with Crippen molar-refractivity contribution in [3.8, 4) is 0 Å². The molecule has 3 aromatic rings. The predicted molar refractivity (Wildman–Crippen MR) is 82.8 cm³/mol. The Labute approximate surface area is 122 Å². The van der Waals surface area contributed by atoms with Crippen LogP contribution in [-0.4, -0.2) is 0 Å². The third kappa shape index (κ3) is 2.19. The van der Waals surface area contributed by atoms with E-state index in [-0.39, 0.29) is 11.2 Å². The minimum absolute atomic E-state index is 0.210. The maximum atomic E-state index is 13.9. The van der Waals surface area contributed by atoms with Gasteiger partial charge in [0.2, 0.25) is 0 Å². The number of hydrogen-bond acceptors (Lipinski definition) is 0. The highest BCUT2D eigenvalue weighted by Crippen LogP contribution is 2.35. The van der Waals surface area contributed by atoms with Crippen molar-refractivity contribution in [2.45, 2.75) is 12.3 Å². The highest BCUT2D eigenvalue weighted by atomic mass is 35.5. The van der Waals surface area contributed by atoms with Crippen molar-refractivity contribution in [1.29, 1.82) is 0 Å². The molecule has 0 N–H and O–H groups in total. The molecule has 0 aromatic heterocycles. The summed E-state index contributed by atoms with van der Waals surface area (Å²) in [5, 5.41) is 1.21. The topological polar surface area (TPSA) is 0 Å². The molecule has 0 saturated carbocycles. The Bertz CT molecular complexity index is 764. The number of rotatable bonds is 2. The zero-order chi connectivity index (χ0) is 14.1. The molecule has 3 rings (SSSR count). The van der Waals surface area contributed by atoms with Crippen LogP contribution in [0.5, 0.6) is 0 Å². The van der Waals surface area contributed by atoms with E-state index in [1.54, 1.807) is 12.1 Å². The van der Waals surface area contributed by atoms with Crippen molar-refractivity contribution in [1.82, 2.24) is 0 Å². The first-order valence-electron chi connectivity index (χ1n) is 6.55. The molecule has 100 valence electrons. The lowest BCUT2D eigenvalue weighted by Gasteiger charge is -2.15. The van der Waals surface area contributed by atoms with E-state index in [0.717, 1.165) is 22.1 Å². The summed E-state index contributed by atoms with van der Waals surface area (Å²) in [6.07, 6.45) is 0. The molecule has 0 amide bonds. The van der Waals surface area contributed by atoms with E-state index in [1.807, 2.05) is 49.4 Å². The summed E-state index contributed by atoms with van der Waals surface area (Å²) >= 11 is 6.65. The first-order valence-corrected chi connectivity index (χ1v) is 6.99. The van der Waals surface area contributed by atoms with Crippen LogP contribution in [0.25, 0.3) is 10.8 Å². The number of halogens is 2. The smallest absolute Gasteiger partial charge is 0.131 e. The van der Waals surface area contributed by atoms with Crippen molar-refractivity contribution in [2.24, 2.45) is 0 Å². The molecule has 0 nitrogen and oxygen atoms in total. The molecule has 0 spiro atoms. The first-order chi connectivity index (χ1) is 9.68. The monoisotopic (exact) mass is 284 g/mol. The van der Waals surface area contributed by atoms with Crippen molar-refractivity contribution in [2.75, 3.05) is 0 Å². The standard InChI is InChI=1S/C18H14ClF/c1-12-6-2-3-7-13(12)18(19)16-10-11-17(20)15-9-5-4-8-14(15)16/h2-11,18H,1H3. The zero-order valence-corrected chi connectivity index (χ0v) is 11.9. The lowest BCUT2D eigenvalue weighted by Crippen LogP contribution is -1.98. The largest absolute Gasteiger partial charge is 0.206 e. The van der Waals surface area contributed by atoms with E-state index in [4.69, 9.17) is 11.6 Å². The van der Waals surface area contributed by atoms with Gasteiger partial charge in [0.15, 0.2) is 0 Å². The fourth-order valence-corrected chi connectivity index (χ4v) is 2.98. The molecule has 2 heteroatoms. The quantitative estimate of drug-likeness (QED) is 0.536. The van der Waals surface area contributed by atoms with Crippen LogP contribution in [0, 0.1) is 12.7 Å². The lowest BCUT2D eigenvalue weighted by molar-refractivity contribution is 0.639. The van der Waals surface area contributed by atoms with E-state index >= 15 is 0 Å². The first kappa shape index (κ1) is 13.1. The van der Waals surface area contributed by atoms with Crippen LogP contribution < -0.4 is 0 Å². The Kier molecular flexibility index (Phi) is 3.45. The Morgan fingerprint density at radius 2 is 1.45 bits per heavy atom. The molecule has 0 aliphatic rings. The molecule has 0 saturated heterocycles. The molecule has 0 heterocycles. The van der Waals surface area contributed by atoms with E-state index in [1.165, 1.54) is 6.07 Å². The second kappa shape index (κ2) is 5.26. The van der Waals surface area contributed by atoms with E-state index in [9.17, 15) is 4.39 Å². The number of fused-ring (bicyclic) bond motifs is 1. The van der Waals surface area contributed by atoms with Crippen LogP contribution in [0.4, 0.5) is 4.39 Å². The SMILES string of the molecule is Cc1ccccc1C(Cl)c1ccc(F)c2ccccc12. The number of benzene rings is 3. The molecular weight excluding hydrogens is 271 g/mol. The Balaban J connectivity index is 2.20. The number of alkyl halides is 1. The molecule has 20 heavy (non-hydrogen) atoms. The van der Waals surface area contributed by atoms with Crippen LogP contribution in [0.15, 0.2) is 60.7 Å². The third-order valence-electron chi connectivity index (χ3n) is 3.64. The van der Waals surface area contributed by atoms with E-state index < -0.39 is 0 Å². The summed E-state index contributed by atoms with van der Waals surface area (Å²) in [5.74, 6) is -0.210. The molecule has 1 unspecified atom stereocenters. The Morgan fingerprint density at radius 3 is 2.20 bits per heavy atom. The average molecular weight is 285 g/mol. The van der Waals surface area contributed by atoms with Crippen LogP contribution in [0.1, 0.15) is 22.1 Å². The summed E-state index contributed by atoms with van der Waals surface area (Å²) in [7, 11) is 0. The molecule has 1 atom stereocenters. The Morgan fingerprint density at radius 1 is 0.800 bits per heavy atom. The van der Waals surface area contributed by atoms with Crippen LogP contribution in [0.3, 0.4) is 0 Å². The summed E-state index contributed by atoms with van der Waals surface area (Å²) < 4.78 is 13.9. The van der Waals surface area contributed by atoms with Gasteiger partial charge in [0, 0.05) is 5.39 Å². The van der Waals surface area contributed by atoms with E-state index in [0.29, 0.717) is 5.39 Å². The summed E-state index contributed by atoms with van der Waals surface area (Å²) in [6, 6.07) is 18.7. The van der Waals surface area contributed by atoms with Gasteiger partial charge in [-0.3, -0.25) is 0 Å². The zero-order valence-electron chi connectivity index (χ0n) is 11.1. The van der Waals surface area contributed by atoms with Gasteiger partial charge in [0.25, 0.3) is 0 Å². The minimum Gasteiger partial charge on any atom is -0.206 e. The summed E-state index contributed by atoms with van der Waals surface area (Å²) in [6.45, 7) is 2.04. The van der Waals surface area contributed by atoms with Gasteiger partial charge >= 0.3 is 0 Å². The summed E-state index contributed by atoms with van der Waals surface area (Å²) in [4.78, 5) is 0. The summed E-state index contributed by atoms with van der Waals surface area (Å²) in [5.41, 5.74) is 3.14. The molecule has 3 aromatic carbocycles. The van der Waals surface area contributed by atoms with Crippen molar-refractivity contribution >= 4 is 22.4 Å². The molecule has 0 bridgehead atoms. The number of aryl methyl sites for hydroxylation is 1. The maximum Gasteiger partial charge on any atom is 0.131 e. The highest BCUT2D eigenvalue weighted by molar-refractivity contribution is 6.23. The van der Waals surface area contributed by atoms with Crippen LogP contribution in [0.2, 0.25) is 0 Å². The predicted octanol–water partition coefficient (Wildman–Crippen LogP) is 5.62. The fraction of sp³-hybridized carbons (Fsp3) is 0.111. The average Bonchev–Trinajstić information content (AvgIpc) is 2.48. The molecule has 0 radical (unpaired) electrons. The fourth-order valence-electron chi connectivity index (χ4n) is 2.55. The number of hydrogen-bond donors (Lipinski definition) is 0. The van der Waals surface area contributed by atoms with E-state index in [2.05, 4.69) is 0 Å². The van der Waals surface area contributed by atoms with Crippen LogP contribution in [-0.2, 0) is 0 Å². The molecule has 0 aliphatic carbocycles. The van der Waals surface area contributed by atoms with Crippen molar-refractivity contribution in [3.05, 3.63) is 83.2 Å². The molecular formula is C18H14ClF. The minimum atomic E-state index is -0.276. The van der Waals surface area contributed by atoms with Gasteiger partial charge in [-0.1, -0.05) is 54.6 Å².